The number of nitrogens with two attached hydrogens (primary N) is 1. The van der Waals surface area contributed by atoms with Gasteiger partial charge >= 0.3 is 0 Å². The number of benzene rings is 1. The van der Waals surface area contributed by atoms with Crippen LogP contribution in [0.3, 0.4) is 0 Å². The Morgan fingerprint density at radius 2 is 2.18 bits per heavy atom. The Balaban J connectivity index is 3.13. The number of nitrogens with one attached hydrogen (secondary N) is 1. The highest BCUT2D eigenvalue weighted by molar-refractivity contribution is 5.60. The van der Waals surface area contributed by atoms with Gasteiger partial charge < -0.3 is 10.2 Å². The molecule has 1 rings (SSSR count). The summed E-state index contributed by atoms with van der Waals surface area (Å²) in [6.45, 7) is 1.97. The molecular formula is C8H12N2O. The number of anilines is 1. The van der Waals surface area contributed by atoms with E-state index in [1.165, 1.54) is 0 Å². The van der Waals surface area contributed by atoms with Gasteiger partial charge in [0, 0.05) is 0 Å². The molecule has 0 bridgehead atoms. The monoisotopic (exact) mass is 152 g/mol. The van der Waals surface area contributed by atoms with Crippen LogP contribution in [0.1, 0.15) is 5.56 Å². The molecule has 0 atom stereocenters. The fourth-order valence-corrected chi connectivity index (χ4v) is 0.996. The molecule has 0 spiro atoms. The molecule has 3 N–H and O–H groups in total. The van der Waals surface area contributed by atoms with Gasteiger partial charge in [-0.05, 0) is 18.6 Å². The van der Waals surface area contributed by atoms with E-state index in [1.54, 1.807) is 7.11 Å². The van der Waals surface area contributed by atoms with Crippen LogP contribution >= 0.6 is 0 Å². The zero-order valence-corrected chi connectivity index (χ0v) is 6.72. The van der Waals surface area contributed by atoms with Crippen LogP contribution < -0.4 is 16.0 Å². The van der Waals surface area contributed by atoms with Crippen LogP contribution in [0.5, 0.6) is 5.75 Å². The number of hydrazine groups is 1. The van der Waals surface area contributed by atoms with Crippen molar-refractivity contribution in [2.45, 2.75) is 6.92 Å². The second-order valence-electron chi connectivity index (χ2n) is 2.30. The van der Waals surface area contributed by atoms with E-state index in [4.69, 9.17) is 10.6 Å². The van der Waals surface area contributed by atoms with Crippen LogP contribution in [0.4, 0.5) is 5.69 Å². The molecule has 0 heterocycles. The maximum Gasteiger partial charge on any atom is 0.143 e. The van der Waals surface area contributed by atoms with E-state index in [0.717, 1.165) is 17.0 Å². The number of hydrogen-bond acceptors (Lipinski definition) is 3. The minimum atomic E-state index is 0.771. The predicted octanol–water partition coefficient (Wildman–Crippen LogP) is 1.29. The lowest BCUT2D eigenvalue weighted by atomic mass is 10.2. The molecule has 0 amide bonds. The van der Waals surface area contributed by atoms with E-state index in [2.05, 4.69) is 5.43 Å². The molecule has 0 aliphatic heterocycles. The zero-order valence-electron chi connectivity index (χ0n) is 6.72. The normalized spacial score (nSPS) is 9.36. The van der Waals surface area contributed by atoms with Gasteiger partial charge in [0.05, 0.1) is 12.8 Å². The molecule has 0 aliphatic carbocycles. The first-order valence-corrected chi connectivity index (χ1v) is 3.40. The summed E-state index contributed by atoms with van der Waals surface area (Å²) >= 11 is 0. The molecule has 0 unspecified atom stereocenters. The molecule has 0 saturated carbocycles. The van der Waals surface area contributed by atoms with Gasteiger partial charge in [-0.2, -0.15) is 0 Å². The molecule has 0 aromatic heterocycles. The van der Waals surface area contributed by atoms with Crippen molar-refractivity contribution in [3.05, 3.63) is 23.8 Å². The van der Waals surface area contributed by atoms with Gasteiger partial charge in [0.15, 0.2) is 0 Å². The van der Waals surface area contributed by atoms with Crippen molar-refractivity contribution >= 4 is 5.69 Å². The fraction of sp³-hybridized carbons (Fsp3) is 0.250. The number of para-hydroxylation sites is 1. The Bertz CT molecular complexity index is 248. The van der Waals surface area contributed by atoms with Gasteiger partial charge in [0.2, 0.25) is 0 Å². The number of methoxy groups -OCH3 is 1. The zero-order chi connectivity index (χ0) is 8.27. The molecule has 1 aromatic rings. The third-order valence-corrected chi connectivity index (χ3v) is 1.60. The summed E-state index contributed by atoms with van der Waals surface area (Å²) in [7, 11) is 1.62. The molecule has 60 valence electrons. The molecule has 0 fully saturated rings. The van der Waals surface area contributed by atoms with E-state index in [9.17, 15) is 0 Å². The molecule has 0 radical (unpaired) electrons. The first kappa shape index (κ1) is 7.88. The Morgan fingerprint density at radius 3 is 2.64 bits per heavy atom. The summed E-state index contributed by atoms with van der Waals surface area (Å²) in [6, 6.07) is 5.76. The van der Waals surface area contributed by atoms with Crippen molar-refractivity contribution in [1.29, 1.82) is 0 Å². The standard InChI is InChI=1S/C8H12N2O/c1-6-4-3-5-7(11-2)8(6)10-9/h3-5,10H,9H2,1-2H3. The summed E-state index contributed by atoms with van der Waals surface area (Å²) in [4.78, 5) is 0. The Hall–Kier alpha value is -1.22. The molecular weight excluding hydrogens is 140 g/mol. The number of aryl methyl sites for hydroxylation is 1. The highest BCUT2D eigenvalue weighted by atomic mass is 16.5. The second kappa shape index (κ2) is 3.25. The molecule has 3 heteroatoms. The lowest BCUT2D eigenvalue weighted by Crippen LogP contribution is -2.09. The van der Waals surface area contributed by atoms with Gasteiger partial charge in [-0.15, -0.1) is 0 Å². The fourth-order valence-electron chi connectivity index (χ4n) is 0.996. The Kier molecular flexibility index (Phi) is 2.33. The van der Waals surface area contributed by atoms with Gasteiger partial charge in [-0.25, -0.2) is 0 Å². The topological polar surface area (TPSA) is 47.3 Å². The van der Waals surface area contributed by atoms with E-state index in [-0.39, 0.29) is 0 Å². The summed E-state index contributed by atoms with van der Waals surface area (Å²) in [5.74, 6) is 6.07. The highest BCUT2D eigenvalue weighted by Gasteiger charge is 2.01. The maximum atomic E-state index is 5.30. The van der Waals surface area contributed by atoms with Crippen molar-refractivity contribution in [2.24, 2.45) is 5.84 Å². The second-order valence-corrected chi connectivity index (χ2v) is 2.30. The molecule has 0 saturated heterocycles. The third kappa shape index (κ3) is 1.43. The minimum Gasteiger partial charge on any atom is -0.495 e. The highest BCUT2D eigenvalue weighted by Crippen LogP contribution is 2.25. The van der Waals surface area contributed by atoms with E-state index < -0.39 is 0 Å². The van der Waals surface area contributed by atoms with Crippen LogP contribution in [0.15, 0.2) is 18.2 Å². The summed E-state index contributed by atoms with van der Waals surface area (Å²) in [5.41, 5.74) is 4.51. The first-order chi connectivity index (χ1) is 5.29. The van der Waals surface area contributed by atoms with Gasteiger partial charge in [0.25, 0.3) is 0 Å². The number of ether oxygens (including phenoxy) is 1. The average molecular weight is 152 g/mol. The van der Waals surface area contributed by atoms with Crippen LogP contribution in [0, 0.1) is 6.92 Å². The number of hydrogen-bond donors (Lipinski definition) is 2. The largest absolute Gasteiger partial charge is 0.495 e. The van der Waals surface area contributed by atoms with Crippen molar-refractivity contribution in [2.75, 3.05) is 12.5 Å². The SMILES string of the molecule is COc1cccc(C)c1NN. The summed E-state index contributed by atoms with van der Waals surface area (Å²) in [6.07, 6.45) is 0. The number of rotatable bonds is 2. The van der Waals surface area contributed by atoms with Crippen molar-refractivity contribution < 1.29 is 4.74 Å². The van der Waals surface area contributed by atoms with Crippen LogP contribution in [0.2, 0.25) is 0 Å². The average Bonchev–Trinajstić information content (AvgIpc) is 2.04. The molecule has 3 nitrogen and oxygen atoms in total. The van der Waals surface area contributed by atoms with Crippen molar-refractivity contribution in [3.8, 4) is 5.75 Å². The van der Waals surface area contributed by atoms with Gasteiger partial charge in [-0.1, -0.05) is 12.1 Å². The third-order valence-electron chi connectivity index (χ3n) is 1.60. The lowest BCUT2D eigenvalue weighted by molar-refractivity contribution is 0.416. The molecule has 11 heavy (non-hydrogen) atoms. The van der Waals surface area contributed by atoms with Crippen LogP contribution in [0.25, 0.3) is 0 Å². The summed E-state index contributed by atoms with van der Waals surface area (Å²) < 4.78 is 5.07. The predicted molar refractivity (Wildman–Crippen MR) is 45.5 cm³/mol. The molecule has 0 aliphatic rings. The van der Waals surface area contributed by atoms with E-state index >= 15 is 0 Å². The van der Waals surface area contributed by atoms with Crippen molar-refractivity contribution in [3.63, 3.8) is 0 Å². The smallest absolute Gasteiger partial charge is 0.143 e. The van der Waals surface area contributed by atoms with E-state index in [0.29, 0.717) is 0 Å². The maximum absolute atomic E-state index is 5.30. The van der Waals surface area contributed by atoms with Crippen molar-refractivity contribution in [1.82, 2.24) is 0 Å². The Labute approximate surface area is 66.1 Å². The Morgan fingerprint density at radius 1 is 1.45 bits per heavy atom. The molecule has 1 aromatic carbocycles. The summed E-state index contributed by atoms with van der Waals surface area (Å²) in [5, 5.41) is 0. The number of nitrogen functional groups attached to an aromatic ring is 1. The van der Waals surface area contributed by atoms with Gasteiger partial charge in [0.1, 0.15) is 5.75 Å². The minimum absolute atomic E-state index is 0.771. The van der Waals surface area contributed by atoms with Crippen LogP contribution in [-0.4, -0.2) is 7.11 Å². The quantitative estimate of drug-likeness (QED) is 0.496. The lowest BCUT2D eigenvalue weighted by Gasteiger charge is -2.09. The van der Waals surface area contributed by atoms with Crippen LogP contribution in [-0.2, 0) is 0 Å². The first-order valence-electron chi connectivity index (χ1n) is 3.40. The van der Waals surface area contributed by atoms with E-state index in [1.807, 2.05) is 25.1 Å². The van der Waals surface area contributed by atoms with Gasteiger partial charge in [-0.3, -0.25) is 5.84 Å².